The summed E-state index contributed by atoms with van der Waals surface area (Å²) in [6, 6.07) is 6.74. The van der Waals surface area contributed by atoms with Gasteiger partial charge in [0.15, 0.2) is 0 Å². The molecule has 3 aliphatic rings. The maximum absolute atomic E-state index is 13.0. The van der Waals surface area contributed by atoms with Crippen LogP contribution in [0.15, 0.2) is 30.3 Å². The second-order valence-electron chi connectivity index (χ2n) is 8.77. The summed E-state index contributed by atoms with van der Waals surface area (Å²) in [7, 11) is 0. The largest absolute Gasteiger partial charge is 0.366 e. The van der Waals surface area contributed by atoms with Crippen LogP contribution in [-0.4, -0.2) is 76.0 Å². The second-order valence-corrected chi connectivity index (χ2v) is 8.77. The van der Waals surface area contributed by atoms with Crippen LogP contribution < -0.4 is 5.73 Å². The van der Waals surface area contributed by atoms with Crippen molar-refractivity contribution in [2.75, 3.05) is 19.6 Å². The molecule has 2 bridgehead atoms. The summed E-state index contributed by atoms with van der Waals surface area (Å²) in [5, 5.41) is 0. The van der Waals surface area contributed by atoms with Gasteiger partial charge in [0.05, 0.1) is 0 Å². The third kappa shape index (κ3) is 4.97. The summed E-state index contributed by atoms with van der Waals surface area (Å²) in [5.74, 6) is -1.11. The molecule has 0 aliphatic carbocycles. The number of imide groups is 1. The predicted molar refractivity (Wildman–Crippen MR) is 119 cm³/mol. The minimum atomic E-state index is -0.500. The van der Waals surface area contributed by atoms with Gasteiger partial charge in [-0.15, -0.1) is 0 Å². The standard InChI is InChI=1S/C24H28N4O5/c25-24(33)17-4-1-16(2-5-17)3-8-23(32)28-18-6-7-19(28)15-26(13-11-18)20(29)12-14-27-21(30)9-10-22(27)31/h1-5,8,18-19H,6-7,9-15H2,(H2,25,33)/b8-3+. The smallest absolute Gasteiger partial charge is 0.248 e. The van der Waals surface area contributed by atoms with Gasteiger partial charge in [-0.05, 0) is 43.0 Å². The minimum absolute atomic E-state index is 0.0501. The van der Waals surface area contributed by atoms with Crippen molar-refractivity contribution in [3.63, 3.8) is 0 Å². The highest BCUT2D eigenvalue weighted by atomic mass is 16.2. The lowest BCUT2D eigenvalue weighted by Gasteiger charge is -2.28. The molecule has 1 aromatic rings. The Labute approximate surface area is 192 Å². The second kappa shape index (κ2) is 9.56. The summed E-state index contributed by atoms with van der Waals surface area (Å²) in [5.41, 5.74) is 6.45. The van der Waals surface area contributed by atoms with Crippen LogP contribution in [0.3, 0.4) is 0 Å². The number of hydrogen-bond acceptors (Lipinski definition) is 5. The van der Waals surface area contributed by atoms with E-state index in [1.807, 2.05) is 4.90 Å². The summed E-state index contributed by atoms with van der Waals surface area (Å²) >= 11 is 0. The SMILES string of the molecule is NC(=O)c1ccc(/C=C/C(=O)N2C3CCC2CN(C(=O)CCN2C(=O)CCC2=O)CC3)cc1. The Morgan fingerprint density at radius 3 is 2.30 bits per heavy atom. The van der Waals surface area contributed by atoms with Crippen LogP contribution in [0, 0.1) is 0 Å². The molecule has 4 rings (SSSR count). The molecule has 9 heteroatoms. The lowest BCUT2D eigenvalue weighted by molar-refractivity contribution is -0.140. The molecule has 1 aromatic carbocycles. The molecule has 2 atom stereocenters. The Bertz CT molecular complexity index is 987. The molecular weight excluding hydrogens is 424 g/mol. The topological polar surface area (TPSA) is 121 Å². The molecule has 0 radical (unpaired) electrons. The van der Waals surface area contributed by atoms with E-state index in [9.17, 15) is 24.0 Å². The number of fused-ring (bicyclic) bond motifs is 2. The van der Waals surface area contributed by atoms with Gasteiger partial charge in [-0.3, -0.25) is 28.9 Å². The number of primary amides is 1. The molecule has 0 aromatic heterocycles. The predicted octanol–water partition coefficient (Wildman–Crippen LogP) is 0.930. The number of likely N-dealkylation sites (tertiary alicyclic amines) is 2. The van der Waals surface area contributed by atoms with Crippen molar-refractivity contribution in [1.82, 2.24) is 14.7 Å². The van der Waals surface area contributed by atoms with Crippen LogP contribution in [0.1, 0.15) is 54.4 Å². The van der Waals surface area contributed by atoms with E-state index in [0.717, 1.165) is 18.4 Å². The third-order valence-electron chi connectivity index (χ3n) is 6.71. The van der Waals surface area contributed by atoms with E-state index in [-0.39, 0.29) is 61.5 Å². The zero-order chi connectivity index (χ0) is 23.5. The van der Waals surface area contributed by atoms with Gasteiger partial charge in [0, 0.05) is 62.6 Å². The van der Waals surface area contributed by atoms with E-state index in [0.29, 0.717) is 25.1 Å². The Kier molecular flexibility index (Phi) is 6.57. The van der Waals surface area contributed by atoms with Crippen molar-refractivity contribution in [2.45, 2.75) is 50.6 Å². The summed E-state index contributed by atoms with van der Waals surface area (Å²) in [6.45, 7) is 1.15. The Balaban J connectivity index is 1.35. The van der Waals surface area contributed by atoms with Crippen molar-refractivity contribution in [1.29, 1.82) is 0 Å². The number of amides is 5. The number of nitrogens with zero attached hydrogens (tertiary/aromatic N) is 3. The molecule has 0 spiro atoms. The monoisotopic (exact) mass is 452 g/mol. The minimum Gasteiger partial charge on any atom is -0.366 e. The van der Waals surface area contributed by atoms with Gasteiger partial charge in [0.1, 0.15) is 0 Å². The van der Waals surface area contributed by atoms with E-state index in [1.165, 1.54) is 11.0 Å². The average Bonchev–Trinajstić information content (AvgIpc) is 3.27. The van der Waals surface area contributed by atoms with Gasteiger partial charge in [0.25, 0.3) is 0 Å². The highest BCUT2D eigenvalue weighted by Crippen LogP contribution is 2.31. The fraction of sp³-hybridized carbons (Fsp3) is 0.458. The molecule has 3 fully saturated rings. The average molecular weight is 453 g/mol. The molecule has 3 aliphatic heterocycles. The van der Waals surface area contributed by atoms with Crippen LogP contribution in [-0.2, 0) is 19.2 Å². The molecule has 9 nitrogen and oxygen atoms in total. The van der Waals surface area contributed by atoms with Crippen LogP contribution in [0.4, 0.5) is 0 Å². The van der Waals surface area contributed by atoms with Gasteiger partial charge < -0.3 is 15.5 Å². The number of nitrogens with two attached hydrogens (primary N) is 1. The van der Waals surface area contributed by atoms with E-state index in [1.54, 1.807) is 35.2 Å². The van der Waals surface area contributed by atoms with E-state index in [4.69, 9.17) is 5.73 Å². The van der Waals surface area contributed by atoms with E-state index < -0.39 is 5.91 Å². The zero-order valence-corrected chi connectivity index (χ0v) is 18.4. The van der Waals surface area contributed by atoms with E-state index >= 15 is 0 Å². The highest BCUT2D eigenvalue weighted by Gasteiger charge is 2.40. The molecule has 0 saturated carbocycles. The van der Waals surface area contributed by atoms with Gasteiger partial charge >= 0.3 is 0 Å². The van der Waals surface area contributed by atoms with Crippen molar-refractivity contribution in [2.24, 2.45) is 5.73 Å². The van der Waals surface area contributed by atoms with Crippen molar-refractivity contribution in [3.8, 4) is 0 Å². The van der Waals surface area contributed by atoms with Gasteiger partial charge in [-0.25, -0.2) is 0 Å². The maximum atomic E-state index is 13.0. The molecule has 5 amide bonds. The lowest BCUT2D eigenvalue weighted by Crippen LogP contribution is -2.44. The molecule has 174 valence electrons. The van der Waals surface area contributed by atoms with Crippen LogP contribution >= 0.6 is 0 Å². The Morgan fingerprint density at radius 2 is 1.64 bits per heavy atom. The normalized spacial score (nSPS) is 22.8. The molecular formula is C24H28N4O5. The van der Waals surface area contributed by atoms with Gasteiger partial charge in [-0.2, -0.15) is 0 Å². The number of rotatable bonds is 6. The highest BCUT2D eigenvalue weighted by molar-refractivity contribution is 6.02. The zero-order valence-electron chi connectivity index (χ0n) is 18.4. The maximum Gasteiger partial charge on any atom is 0.248 e. The van der Waals surface area contributed by atoms with E-state index in [2.05, 4.69) is 0 Å². The van der Waals surface area contributed by atoms with Gasteiger partial charge in [-0.1, -0.05) is 12.1 Å². The fourth-order valence-electron chi connectivity index (χ4n) is 4.91. The first-order valence-electron chi connectivity index (χ1n) is 11.3. The quantitative estimate of drug-likeness (QED) is 0.508. The first kappa shape index (κ1) is 22.7. The Morgan fingerprint density at radius 1 is 0.970 bits per heavy atom. The number of carbonyl (C=O) groups excluding carboxylic acids is 5. The lowest BCUT2D eigenvalue weighted by atomic mass is 10.1. The van der Waals surface area contributed by atoms with Crippen LogP contribution in [0.5, 0.6) is 0 Å². The molecule has 2 N–H and O–H groups in total. The first-order valence-corrected chi connectivity index (χ1v) is 11.3. The third-order valence-corrected chi connectivity index (χ3v) is 6.71. The molecule has 3 saturated heterocycles. The molecule has 2 unspecified atom stereocenters. The summed E-state index contributed by atoms with van der Waals surface area (Å²) in [4.78, 5) is 65.3. The van der Waals surface area contributed by atoms with Crippen molar-refractivity contribution in [3.05, 3.63) is 41.5 Å². The Hall–Kier alpha value is -3.49. The van der Waals surface area contributed by atoms with Crippen LogP contribution in [0.2, 0.25) is 0 Å². The fourth-order valence-corrected chi connectivity index (χ4v) is 4.91. The molecule has 3 heterocycles. The van der Waals surface area contributed by atoms with Crippen molar-refractivity contribution >= 4 is 35.6 Å². The summed E-state index contributed by atoms with van der Waals surface area (Å²) < 4.78 is 0. The molecule has 33 heavy (non-hydrogen) atoms. The van der Waals surface area contributed by atoms with Crippen LogP contribution in [0.25, 0.3) is 6.08 Å². The number of carbonyl (C=O) groups is 5. The first-order chi connectivity index (χ1) is 15.8. The van der Waals surface area contributed by atoms with Gasteiger partial charge in [0.2, 0.25) is 29.5 Å². The number of benzene rings is 1. The summed E-state index contributed by atoms with van der Waals surface area (Å²) in [6.07, 6.45) is 6.26. The van der Waals surface area contributed by atoms with Crippen molar-refractivity contribution < 1.29 is 24.0 Å². The number of hydrogen-bond donors (Lipinski definition) is 1.